The summed E-state index contributed by atoms with van der Waals surface area (Å²) in [5, 5.41) is 3.65. The van der Waals surface area contributed by atoms with Crippen molar-refractivity contribution < 1.29 is 9.53 Å². The van der Waals surface area contributed by atoms with Gasteiger partial charge in [0, 0.05) is 25.7 Å². The van der Waals surface area contributed by atoms with Crippen LogP contribution < -0.4 is 5.32 Å². The van der Waals surface area contributed by atoms with E-state index in [4.69, 9.17) is 4.74 Å². The van der Waals surface area contributed by atoms with Crippen molar-refractivity contribution in [3.63, 3.8) is 0 Å². The van der Waals surface area contributed by atoms with Gasteiger partial charge in [-0.25, -0.2) is 0 Å². The Morgan fingerprint density at radius 2 is 1.89 bits per heavy atom. The van der Waals surface area contributed by atoms with Crippen molar-refractivity contribution in [1.29, 1.82) is 0 Å². The van der Waals surface area contributed by atoms with E-state index in [-0.39, 0.29) is 12.0 Å². The number of piperidine rings is 1. The lowest BCUT2D eigenvalue weighted by atomic mass is 10.0. The molecule has 1 amide bonds. The van der Waals surface area contributed by atoms with Crippen molar-refractivity contribution in [3.8, 4) is 0 Å². The fourth-order valence-electron chi connectivity index (χ4n) is 3.10. The summed E-state index contributed by atoms with van der Waals surface area (Å²) >= 11 is 0. The van der Waals surface area contributed by atoms with Crippen molar-refractivity contribution in [2.75, 3.05) is 26.2 Å². The van der Waals surface area contributed by atoms with Crippen molar-refractivity contribution in [1.82, 2.24) is 10.2 Å². The van der Waals surface area contributed by atoms with E-state index in [1.165, 1.54) is 19.4 Å². The van der Waals surface area contributed by atoms with Crippen LogP contribution >= 0.6 is 0 Å². The lowest BCUT2D eigenvalue weighted by Gasteiger charge is -2.35. The zero-order chi connectivity index (χ0) is 13.1. The van der Waals surface area contributed by atoms with Gasteiger partial charge in [-0.15, -0.1) is 0 Å². The van der Waals surface area contributed by atoms with E-state index in [0.29, 0.717) is 6.04 Å². The van der Waals surface area contributed by atoms with Gasteiger partial charge < -0.3 is 15.0 Å². The van der Waals surface area contributed by atoms with Crippen molar-refractivity contribution in [3.05, 3.63) is 0 Å². The van der Waals surface area contributed by atoms with Crippen LogP contribution in [0.1, 0.15) is 44.9 Å². The van der Waals surface area contributed by atoms with Gasteiger partial charge >= 0.3 is 0 Å². The van der Waals surface area contributed by atoms with Crippen LogP contribution in [0.15, 0.2) is 0 Å². The molecule has 2 saturated heterocycles. The summed E-state index contributed by atoms with van der Waals surface area (Å²) in [6.07, 6.45) is 8.03. The standard InChI is InChI=1S/C15H26N2O2/c18-15(14-3-1-2-10-19-14)17-8-6-13(7-9-17)16-11-12-4-5-12/h12-14,16H,1-11H2. The molecule has 4 nitrogen and oxygen atoms in total. The Kier molecular flexibility index (Phi) is 4.38. The summed E-state index contributed by atoms with van der Waals surface area (Å²) in [6.45, 7) is 3.75. The number of hydrogen-bond donors (Lipinski definition) is 1. The number of carbonyl (C=O) groups excluding carboxylic acids is 1. The zero-order valence-corrected chi connectivity index (χ0v) is 11.8. The number of ether oxygens (including phenoxy) is 1. The van der Waals surface area contributed by atoms with E-state index in [9.17, 15) is 4.79 Å². The number of rotatable bonds is 4. The molecule has 4 heteroatoms. The second-order valence-corrected chi connectivity index (χ2v) is 6.31. The summed E-state index contributed by atoms with van der Waals surface area (Å²) < 4.78 is 5.60. The average molecular weight is 266 g/mol. The molecule has 0 radical (unpaired) electrons. The van der Waals surface area contributed by atoms with E-state index in [1.54, 1.807) is 0 Å². The van der Waals surface area contributed by atoms with Gasteiger partial charge in [-0.3, -0.25) is 4.79 Å². The molecule has 1 unspecified atom stereocenters. The Labute approximate surface area is 115 Å². The maximum atomic E-state index is 12.3. The molecule has 0 aromatic heterocycles. The Hall–Kier alpha value is -0.610. The third-order valence-corrected chi connectivity index (χ3v) is 4.65. The summed E-state index contributed by atoms with van der Waals surface area (Å²) in [4.78, 5) is 14.3. The largest absolute Gasteiger partial charge is 0.368 e. The minimum absolute atomic E-state index is 0.148. The van der Waals surface area contributed by atoms with E-state index in [1.807, 2.05) is 4.90 Å². The lowest BCUT2D eigenvalue weighted by molar-refractivity contribution is -0.147. The van der Waals surface area contributed by atoms with Crippen LogP contribution in [0.25, 0.3) is 0 Å². The average Bonchev–Trinajstić information content (AvgIpc) is 3.30. The van der Waals surface area contributed by atoms with Crippen molar-refractivity contribution >= 4 is 5.91 Å². The topological polar surface area (TPSA) is 41.6 Å². The summed E-state index contributed by atoms with van der Waals surface area (Å²) in [5.41, 5.74) is 0. The van der Waals surface area contributed by atoms with Gasteiger partial charge in [-0.1, -0.05) is 0 Å². The van der Waals surface area contributed by atoms with E-state index in [2.05, 4.69) is 5.32 Å². The number of likely N-dealkylation sites (tertiary alicyclic amines) is 1. The second kappa shape index (κ2) is 6.23. The van der Waals surface area contributed by atoms with Gasteiger partial charge in [0.2, 0.25) is 0 Å². The Balaban J connectivity index is 1.39. The fraction of sp³-hybridized carbons (Fsp3) is 0.933. The molecule has 3 fully saturated rings. The molecule has 0 bridgehead atoms. The number of hydrogen-bond acceptors (Lipinski definition) is 3. The maximum Gasteiger partial charge on any atom is 0.251 e. The highest BCUT2D eigenvalue weighted by Crippen LogP contribution is 2.28. The SMILES string of the molecule is O=C(C1CCCCO1)N1CCC(NCC2CC2)CC1. The highest BCUT2D eigenvalue weighted by atomic mass is 16.5. The molecular formula is C15H26N2O2. The van der Waals surface area contributed by atoms with Gasteiger partial charge in [-0.05, 0) is 57.4 Å². The number of nitrogens with zero attached hydrogens (tertiary/aromatic N) is 1. The molecule has 0 spiro atoms. The molecule has 108 valence electrons. The molecule has 3 aliphatic rings. The highest BCUT2D eigenvalue weighted by molar-refractivity contribution is 5.81. The lowest BCUT2D eigenvalue weighted by Crippen LogP contribution is -2.49. The third kappa shape index (κ3) is 3.69. The second-order valence-electron chi connectivity index (χ2n) is 6.31. The maximum absolute atomic E-state index is 12.3. The first-order chi connectivity index (χ1) is 9.33. The predicted molar refractivity (Wildman–Crippen MR) is 73.9 cm³/mol. The van der Waals surface area contributed by atoms with E-state index in [0.717, 1.165) is 57.7 Å². The zero-order valence-electron chi connectivity index (χ0n) is 11.8. The molecule has 2 heterocycles. The Morgan fingerprint density at radius 1 is 1.11 bits per heavy atom. The van der Waals surface area contributed by atoms with Crippen LogP contribution in [0, 0.1) is 5.92 Å². The minimum Gasteiger partial charge on any atom is -0.368 e. The van der Waals surface area contributed by atoms with Crippen LogP contribution in [0.4, 0.5) is 0 Å². The van der Waals surface area contributed by atoms with Crippen LogP contribution in [0.3, 0.4) is 0 Å². The molecule has 1 atom stereocenters. The molecule has 0 aromatic carbocycles. The molecule has 1 N–H and O–H groups in total. The molecule has 2 aliphatic heterocycles. The number of nitrogens with one attached hydrogen (secondary N) is 1. The van der Waals surface area contributed by atoms with Gasteiger partial charge in [0.05, 0.1) is 0 Å². The first-order valence-electron chi connectivity index (χ1n) is 7.96. The van der Waals surface area contributed by atoms with Crippen LogP contribution in [-0.2, 0) is 9.53 Å². The van der Waals surface area contributed by atoms with Crippen LogP contribution in [0.5, 0.6) is 0 Å². The molecular weight excluding hydrogens is 240 g/mol. The first-order valence-corrected chi connectivity index (χ1v) is 7.96. The van der Waals surface area contributed by atoms with Crippen LogP contribution in [0.2, 0.25) is 0 Å². The highest BCUT2D eigenvalue weighted by Gasteiger charge is 2.30. The summed E-state index contributed by atoms with van der Waals surface area (Å²) in [6, 6.07) is 0.622. The number of amides is 1. The number of carbonyl (C=O) groups is 1. The fourth-order valence-corrected chi connectivity index (χ4v) is 3.10. The third-order valence-electron chi connectivity index (χ3n) is 4.65. The summed E-state index contributed by atoms with van der Waals surface area (Å²) in [7, 11) is 0. The molecule has 0 aromatic rings. The summed E-state index contributed by atoms with van der Waals surface area (Å²) in [5.74, 6) is 1.18. The Morgan fingerprint density at radius 3 is 2.53 bits per heavy atom. The van der Waals surface area contributed by atoms with Crippen molar-refractivity contribution in [2.24, 2.45) is 5.92 Å². The molecule has 19 heavy (non-hydrogen) atoms. The minimum atomic E-state index is -0.148. The van der Waals surface area contributed by atoms with Gasteiger partial charge in [-0.2, -0.15) is 0 Å². The normalized spacial score (nSPS) is 29.5. The first kappa shape index (κ1) is 13.4. The van der Waals surface area contributed by atoms with E-state index >= 15 is 0 Å². The quantitative estimate of drug-likeness (QED) is 0.839. The van der Waals surface area contributed by atoms with Crippen LogP contribution in [-0.4, -0.2) is 49.2 Å². The Bertz CT molecular complexity index is 303. The molecule has 3 rings (SSSR count). The smallest absolute Gasteiger partial charge is 0.251 e. The van der Waals surface area contributed by atoms with Gasteiger partial charge in [0.25, 0.3) is 5.91 Å². The van der Waals surface area contributed by atoms with Gasteiger partial charge in [0.15, 0.2) is 0 Å². The molecule has 1 saturated carbocycles. The van der Waals surface area contributed by atoms with Crippen molar-refractivity contribution in [2.45, 2.75) is 57.1 Å². The van der Waals surface area contributed by atoms with Gasteiger partial charge in [0.1, 0.15) is 6.10 Å². The monoisotopic (exact) mass is 266 g/mol. The molecule has 1 aliphatic carbocycles. The predicted octanol–water partition coefficient (Wildman–Crippen LogP) is 1.55. The van der Waals surface area contributed by atoms with E-state index < -0.39 is 0 Å².